The van der Waals surface area contributed by atoms with Gasteiger partial charge in [0.25, 0.3) is 0 Å². The van der Waals surface area contributed by atoms with Crippen molar-refractivity contribution in [3.05, 3.63) is 30.3 Å². The van der Waals surface area contributed by atoms with E-state index < -0.39 is 0 Å². The SMILES string of the molecule is COc1cccc(Nc2cc(N)nc(N)n2)c1. The molecule has 0 aliphatic rings. The summed E-state index contributed by atoms with van der Waals surface area (Å²) in [6.45, 7) is 0. The number of anilines is 4. The van der Waals surface area contributed by atoms with Gasteiger partial charge in [0, 0.05) is 17.8 Å². The van der Waals surface area contributed by atoms with Gasteiger partial charge in [0.05, 0.1) is 7.11 Å². The van der Waals surface area contributed by atoms with E-state index in [-0.39, 0.29) is 5.95 Å². The van der Waals surface area contributed by atoms with Crippen LogP contribution in [0, 0.1) is 0 Å². The van der Waals surface area contributed by atoms with Crippen LogP contribution < -0.4 is 21.5 Å². The molecule has 88 valence electrons. The number of nitrogens with two attached hydrogens (primary N) is 2. The maximum Gasteiger partial charge on any atom is 0.223 e. The molecule has 6 heteroatoms. The molecule has 0 aliphatic carbocycles. The standard InChI is InChI=1S/C11H13N5O/c1-17-8-4-2-3-7(5-8)14-10-6-9(12)15-11(13)16-10/h2-6H,1H3,(H5,12,13,14,15,16). The molecule has 5 N–H and O–H groups in total. The first-order chi connectivity index (χ1) is 8.17. The summed E-state index contributed by atoms with van der Waals surface area (Å²) in [6.07, 6.45) is 0. The lowest BCUT2D eigenvalue weighted by Gasteiger charge is -2.08. The van der Waals surface area contributed by atoms with Crippen LogP contribution in [-0.2, 0) is 0 Å². The van der Waals surface area contributed by atoms with Gasteiger partial charge in [0.2, 0.25) is 5.95 Å². The van der Waals surface area contributed by atoms with Crippen LogP contribution in [0.15, 0.2) is 30.3 Å². The van der Waals surface area contributed by atoms with Gasteiger partial charge in [0.1, 0.15) is 17.4 Å². The Morgan fingerprint density at radius 1 is 1.18 bits per heavy atom. The van der Waals surface area contributed by atoms with Crippen LogP contribution in [0.3, 0.4) is 0 Å². The molecule has 2 aromatic rings. The summed E-state index contributed by atoms with van der Waals surface area (Å²) in [5, 5.41) is 3.07. The molecule has 0 spiro atoms. The number of aromatic nitrogens is 2. The number of rotatable bonds is 3. The number of hydrogen-bond donors (Lipinski definition) is 3. The lowest BCUT2D eigenvalue weighted by Crippen LogP contribution is -2.02. The van der Waals surface area contributed by atoms with E-state index in [4.69, 9.17) is 16.2 Å². The van der Waals surface area contributed by atoms with E-state index >= 15 is 0 Å². The fourth-order valence-electron chi connectivity index (χ4n) is 1.40. The van der Waals surface area contributed by atoms with Crippen molar-refractivity contribution in [3.63, 3.8) is 0 Å². The minimum absolute atomic E-state index is 0.135. The van der Waals surface area contributed by atoms with Gasteiger partial charge in [0.15, 0.2) is 0 Å². The summed E-state index contributed by atoms with van der Waals surface area (Å²) in [7, 11) is 1.61. The second-order valence-electron chi connectivity index (χ2n) is 3.39. The highest BCUT2D eigenvalue weighted by Crippen LogP contribution is 2.21. The molecule has 0 unspecified atom stereocenters. The summed E-state index contributed by atoms with van der Waals surface area (Å²) < 4.78 is 5.12. The molecular formula is C11H13N5O. The maximum absolute atomic E-state index is 5.57. The second kappa shape index (κ2) is 4.56. The van der Waals surface area contributed by atoms with Crippen LogP contribution in [0.1, 0.15) is 0 Å². The van der Waals surface area contributed by atoms with Crippen LogP contribution in [0.4, 0.5) is 23.3 Å². The van der Waals surface area contributed by atoms with Gasteiger partial charge in [-0.3, -0.25) is 0 Å². The number of nitrogen functional groups attached to an aromatic ring is 2. The van der Waals surface area contributed by atoms with Crippen molar-refractivity contribution < 1.29 is 4.74 Å². The van der Waals surface area contributed by atoms with Crippen LogP contribution in [0.2, 0.25) is 0 Å². The van der Waals surface area contributed by atoms with Crippen LogP contribution >= 0.6 is 0 Å². The van der Waals surface area contributed by atoms with E-state index in [2.05, 4.69) is 15.3 Å². The van der Waals surface area contributed by atoms with Crippen molar-refractivity contribution in [2.24, 2.45) is 0 Å². The molecule has 0 saturated heterocycles. The van der Waals surface area contributed by atoms with E-state index in [0.29, 0.717) is 11.6 Å². The van der Waals surface area contributed by atoms with Crippen molar-refractivity contribution >= 4 is 23.3 Å². The zero-order valence-electron chi connectivity index (χ0n) is 9.34. The van der Waals surface area contributed by atoms with Crippen molar-refractivity contribution in [1.29, 1.82) is 0 Å². The average molecular weight is 231 g/mol. The number of nitrogens with zero attached hydrogens (tertiary/aromatic N) is 2. The Balaban J connectivity index is 2.24. The minimum atomic E-state index is 0.135. The minimum Gasteiger partial charge on any atom is -0.497 e. The lowest BCUT2D eigenvalue weighted by atomic mass is 10.3. The smallest absolute Gasteiger partial charge is 0.223 e. The summed E-state index contributed by atoms with van der Waals surface area (Å²) in [4.78, 5) is 7.81. The molecule has 0 bridgehead atoms. The van der Waals surface area contributed by atoms with Gasteiger partial charge in [-0.15, -0.1) is 0 Å². The number of ether oxygens (including phenoxy) is 1. The first-order valence-corrected chi connectivity index (χ1v) is 4.98. The van der Waals surface area contributed by atoms with Gasteiger partial charge in [-0.05, 0) is 12.1 Å². The summed E-state index contributed by atoms with van der Waals surface area (Å²) in [5.74, 6) is 1.76. The van der Waals surface area contributed by atoms with Gasteiger partial charge in [-0.25, -0.2) is 0 Å². The Labute approximate surface area is 98.6 Å². The molecule has 0 amide bonds. The highest BCUT2D eigenvalue weighted by atomic mass is 16.5. The van der Waals surface area contributed by atoms with E-state index in [0.717, 1.165) is 11.4 Å². The fraction of sp³-hybridized carbons (Fsp3) is 0.0909. The lowest BCUT2D eigenvalue weighted by molar-refractivity contribution is 0.415. The third-order valence-corrected chi connectivity index (χ3v) is 2.11. The molecule has 1 aromatic carbocycles. The molecule has 17 heavy (non-hydrogen) atoms. The van der Waals surface area contributed by atoms with Gasteiger partial charge >= 0.3 is 0 Å². The van der Waals surface area contributed by atoms with Crippen molar-refractivity contribution in [3.8, 4) is 5.75 Å². The Morgan fingerprint density at radius 2 is 2.00 bits per heavy atom. The van der Waals surface area contributed by atoms with Gasteiger partial charge < -0.3 is 21.5 Å². The highest BCUT2D eigenvalue weighted by Gasteiger charge is 2.01. The summed E-state index contributed by atoms with van der Waals surface area (Å²) in [5.41, 5.74) is 11.9. The quantitative estimate of drug-likeness (QED) is 0.738. The molecule has 1 heterocycles. The van der Waals surface area contributed by atoms with Gasteiger partial charge in [-0.1, -0.05) is 6.07 Å². The summed E-state index contributed by atoms with van der Waals surface area (Å²) in [6, 6.07) is 9.06. The van der Waals surface area contributed by atoms with Gasteiger partial charge in [-0.2, -0.15) is 9.97 Å². The maximum atomic E-state index is 5.57. The van der Waals surface area contributed by atoms with Crippen LogP contribution in [0.5, 0.6) is 5.75 Å². The van der Waals surface area contributed by atoms with E-state index in [1.165, 1.54) is 0 Å². The molecule has 6 nitrogen and oxygen atoms in total. The molecular weight excluding hydrogens is 218 g/mol. The molecule has 0 aliphatic heterocycles. The zero-order valence-corrected chi connectivity index (χ0v) is 9.34. The number of benzene rings is 1. The van der Waals surface area contributed by atoms with Crippen molar-refractivity contribution in [2.45, 2.75) is 0 Å². The number of methoxy groups -OCH3 is 1. The Kier molecular flexibility index (Phi) is 2.95. The van der Waals surface area contributed by atoms with E-state index in [9.17, 15) is 0 Å². The molecule has 2 rings (SSSR count). The zero-order chi connectivity index (χ0) is 12.3. The van der Waals surface area contributed by atoms with Crippen LogP contribution in [-0.4, -0.2) is 17.1 Å². The largest absolute Gasteiger partial charge is 0.497 e. The average Bonchev–Trinajstić information content (AvgIpc) is 2.28. The first-order valence-electron chi connectivity index (χ1n) is 4.98. The monoisotopic (exact) mass is 231 g/mol. The molecule has 0 atom stereocenters. The van der Waals surface area contributed by atoms with Crippen molar-refractivity contribution in [2.75, 3.05) is 23.9 Å². The van der Waals surface area contributed by atoms with Crippen molar-refractivity contribution in [1.82, 2.24) is 9.97 Å². The van der Waals surface area contributed by atoms with E-state index in [1.807, 2.05) is 24.3 Å². The van der Waals surface area contributed by atoms with Crippen LogP contribution in [0.25, 0.3) is 0 Å². The number of nitrogens with one attached hydrogen (secondary N) is 1. The molecule has 0 radical (unpaired) electrons. The topological polar surface area (TPSA) is 99.1 Å². The first kappa shape index (κ1) is 11.0. The summed E-state index contributed by atoms with van der Waals surface area (Å²) >= 11 is 0. The third-order valence-electron chi connectivity index (χ3n) is 2.11. The molecule has 1 aromatic heterocycles. The molecule has 0 saturated carbocycles. The molecule has 0 fully saturated rings. The predicted octanol–water partition coefficient (Wildman–Crippen LogP) is 1.39. The normalized spacial score (nSPS) is 9.94. The predicted molar refractivity (Wildman–Crippen MR) is 67.1 cm³/mol. The Bertz CT molecular complexity index is 509. The Hall–Kier alpha value is -2.50. The highest BCUT2D eigenvalue weighted by molar-refractivity contribution is 5.61. The second-order valence-corrected chi connectivity index (χ2v) is 3.39. The Morgan fingerprint density at radius 3 is 2.71 bits per heavy atom. The number of hydrogen-bond acceptors (Lipinski definition) is 6. The van der Waals surface area contributed by atoms with E-state index in [1.54, 1.807) is 13.2 Å². The third kappa shape index (κ3) is 2.75. The fourth-order valence-corrected chi connectivity index (χ4v) is 1.40.